The zero-order valence-electron chi connectivity index (χ0n) is 18.0. The smallest absolute Gasteiger partial charge is 0.409 e. The molecule has 1 aliphatic rings. The predicted molar refractivity (Wildman–Crippen MR) is 122 cm³/mol. The zero-order chi connectivity index (χ0) is 22.9. The highest BCUT2D eigenvalue weighted by Gasteiger charge is 2.25. The third-order valence-electron chi connectivity index (χ3n) is 5.71. The zero-order valence-corrected chi connectivity index (χ0v) is 18.8. The summed E-state index contributed by atoms with van der Waals surface area (Å²) in [4.78, 5) is 27.7. The maximum atomic E-state index is 13.3. The number of rotatable bonds is 5. The summed E-state index contributed by atoms with van der Waals surface area (Å²) in [6, 6.07) is 12.2. The summed E-state index contributed by atoms with van der Waals surface area (Å²) >= 11 is 0. The fraction of sp³-hybridized carbons (Fsp3) is 0.304. The van der Waals surface area contributed by atoms with Crippen LogP contribution in [0.25, 0.3) is 10.9 Å². The van der Waals surface area contributed by atoms with Gasteiger partial charge < -0.3 is 14.5 Å². The van der Waals surface area contributed by atoms with Gasteiger partial charge in [0.15, 0.2) is 6.29 Å². The van der Waals surface area contributed by atoms with E-state index >= 15 is 0 Å². The molecule has 1 aliphatic heterocycles. The first-order valence-electron chi connectivity index (χ1n) is 10.4. The lowest BCUT2D eigenvalue weighted by Gasteiger charge is -2.35. The van der Waals surface area contributed by atoms with Crippen LogP contribution >= 0.6 is 0 Å². The second-order valence-electron chi connectivity index (χ2n) is 7.64. The van der Waals surface area contributed by atoms with Crippen molar-refractivity contribution in [2.45, 2.75) is 18.7 Å². The Morgan fingerprint density at radius 1 is 1.09 bits per heavy atom. The van der Waals surface area contributed by atoms with E-state index in [1.165, 1.54) is 10.2 Å². The summed E-state index contributed by atoms with van der Waals surface area (Å²) in [6.45, 7) is 6.14. The van der Waals surface area contributed by atoms with Gasteiger partial charge in [-0.15, -0.1) is 0 Å². The number of aldehydes is 1. The number of carbonyl (C=O) groups is 2. The minimum atomic E-state index is -3.86. The maximum absolute atomic E-state index is 13.3. The van der Waals surface area contributed by atoms with Gasteiger partial charge in [-0.3, -0.25) is 4.79 Å². The summed E-state index contributed by atoms with van der Waals surface area (Å²) in [5.74, 6) is 0. The first-order valence-corrected chi connectivity index (χ1v) is 11.9. The van der Waals surface area contributed by atoms with Gasteiger partial charge in [-0.2, -0.15) is 0 Å². The molecule has 0 radical (unpaired) electrons. The highest BCUT2D eigenvalue weighted by atomic mass is 32.2. The number of hydrogen-bond acceptors (Lipinski definition) is 6. The molecule has 32 heavy (non-hydrogen) atoms. The van der Waals surface area contributed by atoms with Crippen LogP contribution in [0, 0.1) is 6.92 Å². The number of aromatic nitrogens is 1. The van der Waals surface area contributed by atoms with Crippen LogP contribution in [0.5, 0.6) is 0 Å². The van der Waals surface area contributed by atoms with Gasteiger partial charge in [0, 0.05) is 49.0 Å². The molecule has 0 aliphatic carbocycles. The van der Waals surface area contributed by atoms with Gasteiger partial charge >= 0.3 is 6.09 Å². The van der Waals surface area contributed by atoms with Gasteiger partial charge in [0.1, 0.15) is 0 Å². The molecular weight excluding hydrogens is 430 g/mol. The van der Waals surface area contributed by atoms with Crippen molar-refractivity contribution in [3.63, 3.8) is 0 Å². The maximum Gasteiger partial charge on any atom is 0.409 e. The van der Waals surface area contributed by atoms with Gasteiger partial charge in [-0.25, -0.2) is 17.2 Å². The second kappa shape index (κ2) is 8.66. The Morgan fingerprint density at radius 3 is 2.47 bits per heavy atom. The van der Waals surface area contributed by atoms with Crippen LogP contribution in [0.1, 0.15) is 22.8 Å². The van der Waals surface area contributed by atoms with E-state index in [-0.39, 0.29) is 11.0 Å². The van der Waals surface area contributed by atoms with Crippen LogP contribution in [0.2, 0.25) is 0 Å². The van der Waals surface area contributed by atoms with Crippen molar-refractivity contribution in [1.29, 1.82) is 0 Å². The van der Waals surface area contributed by atoms with E-state index in [0.29, 0.717) is 61.1 Å². The average molecular weight is 456 g/mol. The molecule has 1 saturated heterocycles. The highest BCUT2D eigenvalue weighted by molar-refractivity contribution is 7.90. The molecule has 0 atom stereocenters. The number of anilines is 1. The van der Waals surface area contributed by atoms with E-state index in [1.807, 2.05) is 12.1 Å². The van der Waals surface area contributed by atoms with Crippen LogP contribution in [0.4, 0.5) is 10.5 Å². The summed E-state index contributed by atoms with van der Waals surface area (Å²) in [6.07, 6.45) is 1.74. The normalized spacial score (nSPS) is 14.6. The largest absolute Gasteiger partial charge is 0.450 e. The molecule has 0 bridgehead atoms. The quantitative estimate of drug-likeness (QED) is 0.549. The number of piperazine rings is 1. The van der Waals surface area contributed by atoms with Crippen molar-refractivity contribution >= 4 is 39.0 Å². The molecule has 2 heterocycles. The van der Waals surface area contributed by atoms with Crippen molar-refractivity contribution in [2.24, 2.45) is 0 Å². The van der Waals surface area contributed by atoms with Crippen LogP contribution in [0.15, 0.2) is 53.6 Å². The molecule has 2 aromatic carbocycles. The first-order chi connectivity index (χ1) is 15.4. The summed E-state index contributed by atoms with van der Waals surface area (Å²) in [7, 11) is -3.86. The van der Waals surface area contributed by atoms with Crippen molar-refractivity contribution in [3.05, 3.63) is 59.8 Å². The fourth-order valence-electron chi connectivity index (χ4n) is 4.02. The molecule has 8 nitrogen and oxygen atoms in total. The number of aryl methyl sites for hydroxylation is 1. The second-order valence-corrected chi connectivity index (χ2v) is 9.43. The van der Waals surface area contributed by atoms with Crippen molar-refractivity contribution in [3.8, 4) is 0 Å². The van der Waals surface area contributed by atoms with E-state index in [4.69, 9.17) is 4.74 Å². The Hall–Kier alpha value is -3.33. The summed E-state index contributed by atoms with van der Waals surface area (Å²) in [5.41, 5.74) is 2.27. The average Bonchev–Trinajstić information content (AvgIpc) is 3.18. The number of fused-ring (bicyclic) bond motifs is 1. The third kappa shape index (κ3) is 3.84. The summed E-state index contributed by atoms with van der Waals surface area (Å²) in [5, 5.41) is 0.572. The fourth-order valence-corrected chi connectivity index (χ4v) is 5.62. The molecule has 4 rings (SSSR count). The Balaban J connectivity index is 1.67. The molecule has 0 spiro atoms. The standard InChI is InChI=1S/C23H25N3O5S/c1-3-31-23(28)25-12-10-24(11-13-25)19-8-9-21-20(14-19)18(16-27)15-26(21)32(29,30)22-7-5-4-6-17(22)2/h4-9,14-16H,3,10-13H2,1-2H3. The predicted octanol–water partition coefficient (Wildman–Crippen LogP) is 3.28. The number of amides is 1. The molecule has 1 fully saturated rings. The van der Waals surface area contributed by atoms with E-state index < -0.39 is 10.0 Å². The van der Waals surface area contributed by atoms with E-state index in [1.54, 1.807) is 49.1 Å². The molecule has 1 amide bonds. The van der Waals surface area contributed by atoms with Gasteiger partial charge in [0.2, 0.25) is 0 Å². The topological polar surface area (TPSA) is 88.9 Å². The monoisotopic (exact) mass is 455 g/mol. The summed E-state index contributed by atoms with van der Waals surface area (Å²) < 4.78 is 32.9. The van der Waals surface area contributed by atoms with Gasteiger partial charge in [0.05, 0.1) is 17.0 Å². The Labute approximate surface area is 187 Å². The molecule has 0 N–H and O–H groups in total. The Morgan fingerprint density at radius 2 is 1.81 bits per heavy atom. The highest BCUT2D eigenvalue weighted by Crippen LogP contribution is 2.30. The van der Waals surface area contributed by atoms with Gasteiger partial charge in [0.25, 0.3) is 10.0 Å². The van der Waals surface area contributed by atoms with Crippen molar-refractivity contribution in [1.82, 2.24) is 8.87 Å². The van der Waals surface area contributed by atoms with Crippen molar-refractivity contribution < 1.29 is 22.7 Å². The number of carbonyl (C=O) groups excluding carboxylic acids is 2. The third-order valence-corrected chi connectivity index (χ3v) is 7.55. The van der Waals surface area contributed by atoms with Crippen LogP contribution in [-0.4, -0.2) is 62.5 Å². The molecule has 168 valence electrons. The molecule has 1 aromatic heterocycles. The van der Waals surface area contributed by atoms with Crippen LogP contribution < -0.4 is 4.90 Å². The molecule has 9 heteroatoms. The van der Waals surface area contributed by atoms with Crippen molar-refractivity contribution in [2.75, 3.05) is 37.7 Å². The lowest BCUT2D eigenvalue weighted by Crippen LogP contribution is -2.49. The van der Waals surface area contributed by atoms with E-state index in [0.717, 1.165) is 5.69 Å². The van der Waals surface area contributed by atoms with Gasteiger partial charge in [-0.1, -0.05) is 18.2 Å². The minimum absolute atomic E-state index is 0.202. The van der Waals surface area contributed by atoms with Gasteiger partial charge in [-0.05, 0) is 43.7 Å². The molecule has 3 aromatic rings. The minimum Gasteiger partial charge on any atom is -0.450 e. The molecular formula is C23H25N3O5S. The first kappa shape index (κ1) is 21.9. The van der Waals surface area contributed by atoms with Crippen LogP contribution in [0.3, 0.4) is 0 Å². The number of benzene rings is 2. The number of nitrogens with zero attached hydrogens (tertiary/aromatic N) is 3. The van der Waals surface area contributed by atoms with Crippen LogP contribution in [-0.2, 0) is 14.8 Å². The lowest BCUT2D eigenvalue weighted by atomic mass is 10.1. The Bertz CT molecular complexity index is 1270. The number of ether oxygens (including phenoxy) is 1. The SMILES string of the molecule is CCOC(=O)N1CCN(c2ccc3c(c2)c(C=O)cn3S(=O)(=O)c2ccccc2C)CC1. The number of hydrogen-bond donors (Lipinski definition) is 0. The Kier molecular flexibility index (Phi) is 5.92. The molecule has 0 unspecified atom stereocenters. The lowest BCUT2D eigenvalue weighted by molar-refractivity contribution is 0.105. The van der Waals surface area contributed by atoms with E-state index in [2.05, 4.69) is 4.90 Å². The molecule has 0 saturated carbocycles. The van der Waals surface area contributed by atoms with E-state index in [9.17, 15) is 18.0 Å².